The third kappa shape index (κ3) is 3.33. The fourth-order valence-electron chi connectivity index (χ4n) is 2.16. The Balaban J connectivity index is 0.00000144. The van der Waals surface area contributed by atoms with Gasteiger partial charge in [0.25, 0.3) is 5.91 Å². The molecule has 5 heteroatoms. The molecule has 0 aromatic carbocycles. The first-order valence-corrected chi connectivity index (χ1v) is 5.63. The largest absolute Gasteiger partial charge is 0.397 e. The molecule has 17 heavy (non-hydrogen) atoms. The average molecular weight is 256 g/mol. The second-order valence-corrected chi connectivity index (χ2v) is 4.70. The second kappa shape index (κ2) is 5.36. The van der Waals surface area contributed by atoms with Crippen LogP contribution in [-0.4, -0.2) is 16.4 Å². The van der Waals surface area contributed by atoms with Crippen LogP contribution in [0.1, 0.15) is 43.1 Å². The predicted octanol–water partition coefficient (Wildman–Crippen LogP) is 2.15. The van der Waals surface area contributed by atoms with Gasteiger partial charge in [0.1, 0.15) is 5.69 Å². The molecule has 1 aliphatic rings. The minimum atomic E-state index is -0.107. The molecule has 1 saturated carbocycles. The second-order valence-electron chi connectivity index (χ2n) is 4.70. The minimum absolute atomic E-state index is 0. The van der Waals surface area contributed by atoms with Crippen molar-refractivity contribution in [3.8, 4) is 0 Å². The molecule has 1 aromatic rings. The average Bonchev–Trinajstić information content (AvgIpc) is 2.65. The number of pyridine rings is 1. The molecule has 0 saturated heterocycles. The van der Waals surface area contributed by atoms with Gasteiger partial charge in [0.05, 0.1) is 11.9 Å². The summed E-state index contributed by atoms with van der Waals surface area (Å²) in [5.41, 5.74) is 6.47. The van der Waals surface area contributed by atoms with Crippen LogP contribution in [0.15, 0.2) is 18.3 Å². The molecular formula is C12H18ClN3O. The number of rotatable bonds is 2. The third-order valence-electron chi connectivity index (χ3n) is 3.14. The number of nitrogen functional groups attached to an aromatic ring is 1. The molecule has 94 valence electrons. The number of anilines is 1. The van der Waals surface area contributed by atoms with E-state index >= 15 is 0 Å². The maximum absolute atomic E-state index is 11.9. The number of hydrogen-bond acceptors (Lipinski definition) is 3. The Bertz CT molecular complexity index is 385. The first-order valence-electron chi connectivity index (χ1n) is 5.63. The summed E-state index contributed by atoms with van der Waals surface area (Å²) in [6.07, 6.45) is 5.98. The number of aromatic nitrogens is 1. The number of hydrogen-bond donors (Lipinski definition) is 2. The highest BCUT2D eigenvalue weighted by atomic mass is 35.5. The van der Waals surface area contributed by atoms with Crippen LogP contribution in [0.2, 0.25) is 0 Å². The summed E-state index contributed by atoms with van der Waals surface area (Å²) in [5.74, 6) is -0.107. The van der Waals surface area contributed by atoms with Crippen molar-refractivity contribution >= 4 is 24.0 Å². The van der Waals surface area contributed by atoms with Crippen LogP contribution in [0.4, 0.5) is 5.69 Å². The van der Waals surface area contributed by atoms with Gasteiger partial charge < -0.3 is 11.1 Å². The molecule has 1 aliphatic carbocycles. The molecule has 1 aromatic heterocycles. The van der Waals surface area contributed by atoms with E-state index in [9.17, 15) is 4.79 Å². The Morgan fingerprint density at radius 1 is 1.41 bits per heavy atom. The van der Waals surface area contributed by atoms with Crippen LogP contribution < -0.4 is 11.1 Å². The van der Waals surface area contributed by atoms with Gasteiger partial charge in [-0.3, -0.25) is 4.79 Å². The summed E-state index contributed by atoms with van der Waals surface area (Å²) < 4.78 is 0. The van der Waals surface area contributed by atoms with E-state index in [0.29, 0.717) is 11.4 Å². The molecule has 0 bridgehead atoms. The Morgan fingerprint density at radius 3 is 2.59 bits per heavy atom. The Morgan fingerprint density at radius 2 is 2.06 bits per heavy atom. The SMILES string of the molecule is CC1(NC(=O)c2ccc(N)cn2)CCCC1.Cl. The summed E-state index contributed by atoms with van der Waals surface area (Å²) in [5, 5.41) is 3.05. The number of nitrogens with two attached hydrogens (primary N) is 1. The van der Waals surface area contributed by atoms with E-state index < -0.39 is 0 Å². The number of nitrogens with zero attached hydrogens (tertiary/aromatic N) is 1. The zero-order valence-electron chi connectivity index (χ0n) is 9.90. The lowest BCUT2D eigenvalue weighted by Gasteiger charge is -2.24. The summed E-state index contributed by atoms with van der Waals surface area (Å²) in [6.45, 7) is 2.09. The standard InChI is InChI=1S/C12H17N3O.ClH/c1-12(6-2-3-7-12)15-11(16)10-5-4-9(13)8-14-10;/h4-5,8H,2-3,6-7,13H2,1H3,(H,15,16);1H. The molecular weight excluding hydrogens is 238 g/mol. The van der Waals surface area contributed by atoms with Crippen LogP contribution in [0.5, 0.6) is 0 Å². The van der Waals surface area contributed by atoms with Crippen molar-refractivity contribution in [2.24, 2.45) is 0 Å². The maximum Gasteiger partial charge on any atom is 0.270 e. The quantitative estimate of drug-likeness (QED) is 0.851. The first kappa shape index (κ1) is 13.8. The zero-order chi connectivity index (χ0) is 11.6. The Hall–Kier alpha value is -1.29. The predicted molar refractivity (Wildman–Crippen MR) is 70.2 cm³/mol. The van der Waals surface area contributed by atoms with Crippen molar-refractivity contribution in [2.45, 2.75) is 38.1 Å². The van der Waals surface area contributed by atoms with Crippen molar-refractivity contribution in [3.63, 3.8) is 0 Å². The molecule has 0 radical (unpaired) electrons. The van der Waals surface area contributed by atoms with Crippen LogP contribution in [0.25, 0.3) is 0 Å². The fraction of sp³-hybridized carbons (Fsp3) is 0.500. The summed E-state index contributed by atoms with van der Waals surface area (Å²) >= 11 is 0. The molecule has 0 unspecified atom stereocenters. The molecule has 4 nitrogen and oxygen atoms in total. The third-order valence-corrected chi connectivity index (χ3v) is 3.14. The Kier molecular flexibility index (Phi) is 4.34. The smallest absolute Gasteiger partial charge is 0.270 e. The number of nitrogens with one attached hydrogen (secondary N) is 1. The lowest BCUT2D eigenvalue weighted by atomic mass is 10.0. The van der Waals surface area contributed by atoms with Crippen molar-refractivity contribution in [1.29, 1.82) is 0 Å². The number of amides is 1. The van der Waals surface area contributed by atoms with Crippen molar-refractivity contribution in [2.75, 3.05) is 5.73 Å². The van der Waals surface area contributed by atoms with Gasteiger partial charge >= 0.3 is 0 Å². The van der Waals surface area contributed by atoms with E-state index in [1.54, 1.807) is 12.1 Å². The van der Waals surface area contributed by atoms with Crippen LogP contribution in [0.3, 0.4) is 0 Å². The molecule has 3 N–H and O–H groups in total. The maximum atomic E-state index is 11.9. The fourth-order valence-corrected chi connectivity index (χ4v) is 2.16. The van der Waals surface area contributed by atoms with E-state index in [0.717, 1.165) is 12.8 Å². The summed E-state index contributed by atoms with van der Waals surface area (Å²) in [7, 11) is 0. The van der Waals surface area contributed by atoms with E-state index in [2.05, 4.69) is 17.2 Å². The lowest BCUT2D eigenvalue weighted by Crippen LogP contribution is -2.43. The number of halogens is 1. The van der Waals surface area contributed by atoms with E-state index in [1.165, 1.54) is 19.0 Å². The topological polar surface area (TPSA) is 68.0 Å². The van der Waals surface area contributed by atoms with Crippen molar-refractivity contribution in [3.05, 3.63) is 24.0 Å². The van der Waals surface area contributed by atoms with Gasteiger partial charge in [-0.05, 0) is 31.9 Å². The lowest BCUT2D eigenvalue weighted by molar-refractivity contribution is 0.0903. The van der Waals surface area contributed by atoms with Gasteiger partial charge in [0.15, 0.2) is 0 Å². The monoisotopic (exact) mass is 255 g/mol. The van der Waals surface area contributed by atoms with Crippen molar-refractivity contribution < 1.29 is 4.79 Å². The van der Waals surface area contributed by atoms with E-state index in [4.69, 9.17) is 5.73 Å². The molecule has 1 fully saturated rings. The van der Waals surface area contributed by atoms with Crippen LogP contribution in [0, 0.1) is 0 Å². The van der Waals surface area contributed by atoms with Crippen molar-refractivity contribution in [1.82, 2.24) is 10.3 Å². The summed E-state index contributed by atoms with van der Waals surface area (Å²) in [4.78, 5) is 15.9. The molecule has 2 rings (SSSR count). The van der Waals surface area contributed by atoms with Gasteiger partial charge in [-0.25, -0.2) is 4.98 Å². The number of carbonyl (C=O) groups excluding carboxylic acids is 1. The molecule has 0 spiro atoms. The first-order chi connectivity index (χ1) is 7.59. The highest BCUT2D eigenvalue weighted by Gasteiger charge is 2.30. The normalized spacial score (nSPS) is 17.2. The van der Waals surface area contributed by atoms with Gasteiger partial charge in [-0.1, -0.05) is 12.8 Å². The van der Waals surface area contributed by atoms with Gasteiger partial charge in [0, 0.05) is 5.54 Å². The van der Waals surface area contributed by atoms with E-state index in [1.807, 2.05) is 0 Å². The highest BCUT2D eigenvalue weighted by molar-refractivity contribution is 5.92. The highest BCUT2D eigenvalue weighted by Crippen LogP contribution is 2.29. The molecule has 0 aliphatic heterocycles. The molecule has 1 heterocycles. The van der Waals surface area contributed by atoms with Gasteiger partial charge in [-0.15, -0.1) is 12.4 Å². The minimum Gasteiger partial charge on any atom is -0.397 e. The number of carbonyl (C=O) groups is 1. The zero-order valence-corrected chi connectivity index (χ0v) is 10.7. The van der Waals surface area contributed by atoms with Crippen LogP contribution >= 0.6 is 12.4 Å². The van der Waals surface area contributed by atoms with Gasteiger partial charge in [0.2, 0.25) is 0 Å². The van der Waals surface area contributed by atoms with Gasteiger partial charge in [-0.2, -0.15) is 0 Å². The van der Waals surface area contributed by atoms with Crippen LogP contribution in [-0.2, 0) is 0 Å². The van der Waals surface area contributed by atoms with E-state index in [-0.39, 0.29) is 23.9 Å². The molecule has 1 amide bonds. The summed E-state index contributed by atoms with van der Waals surface area (Å²) in [6, 6.07) is 3.35. The Labute approximate surface area is 107 Å². The molecule has 0 atom stereocenters.